The molecule has 1 unspecified atom stereocenters. The van der Waals surface area contributed by atoms with E-state index in [9.17, 15) is 4.79 Å². The van der Waals surface area contributed by atoms with E-state index in [1.54, 1.807) is 28.3 Å². The fourth-order valence-electron chi connectivity index (χ4n) is 1.33. The summed E-state index contributed by atoms with van der Waals surface area (Å²) in [6.45, 7) is 7.38. The molecule has 100 valence electrons. The summed E-state index contributed by atoms with van der Waals surface area (Å²) < 4.78 is 21.0. The number of carbonyl (C=O) groups is 1. The van der Waals surface area contributed by atoms with E-state index in [0.29, 0.717) is 18.2 Å². The molecule has 1 atom stereocenters. The molecule has 0 heterocycles. The summed E-state index contributed by atoms with van der Waals surface area (Å²) >= 11 is 0. The van der Waals surface area contributed by atoms with Crippen molar-refractivity contribution in [2.24, 2.45) is 5.92 Å². The van der Waals surface area contributed by atoms with Crippen LogP contribution in [0.5, 0.6) is 0 Å². The van der Waals surface area contributed by atoms with Crippen molar-refractivity contribution in [2.45, 2.75) is 19.9 Å². The third kappa shape index (κ3) is 5.45. The van der Waals surface area contributed by atoms with Gasteiger partial charge in [-0.05, 0) is 12.8 Å². The van der Waals surface area contributed by atoms with Gasteiger partial charge in [-0.15, -0.1) is 0 Å². The van der Waals surface area contributed by atoms with Crippen molar-refractivity contribution in [2.75, 3.05) is 27.9 Å². The average Bonchev–Trinajstić information content (AvgIpc) is 2.33. The first-order chi connectivity index (χ1) is 7.90. The van der Waals surface area contributed by atoms with Crippen molar-refractivity contribution in [1.82, 2.24) is 0 Å². The lowest BCUT2D eigenvalue weighted by molar-refractivity contribution is -0.140. The van der Waals surface area contributed by atoms with Crippen molar-refractivity contribution >= 4 is 14.8 Å². The van der Waals surface area contributed by atoms with Crippen molar-refractivity contribution in [3.8, 4) is 0 Å². The second kappa shape index (κ2) is 7.60. The Morgan fingerprint density at radius 1 is 1.24 bits per heavy atom. The zero-order chi connectivity index (χ0) is 13.5. The molecule has 17 heavy (non-hydrogen) atoms. The van der Waals surface area contributed by atoms with Gasteiger partial charge in [-0.3, -0.25) is 0 Å². The molecule has 0 aliphatic heterocycles. The molecular weight excluding hydrogens is 240 g/mol. The van der Waals surface area contributed by atoms with Gasteiger partial charge in [0.2, 0.25) is 0 Å². The fourth-order valence-corrected chi connectivity index (χ4v) is 3.30. The maximum absolute atomic E-state index is 11.2. The van der Waals surface area contributed by atoms with Crippen LogP contribution in [0.4, 0.5) is 0 Å². The van der Waals surface area contributed by atoms with Gasteiger partial charge in [0.1, 0.15) is 0 Å². The molecule has 0 aromatic rings. The van der Waals surface area contributed by atoms with E-state index in [1.807, 2.05) is 6.92 Å². The number of hydrogen-bond acceptors (Lipinski definition) is 5. The monoisotopic (exact) mass is 262 g/mol. The highest BCUT2D eigenvalue weighted by Crippen LogP contribution is 2.19. The molecule has 0 saturated carbocycles. The predicted molar refractivity (Wildman–Crippen MR) is 66.5 cm³/mol. The fraction of sp³-hybridized carbons (Fsp3) is 0.727. The minimum atomic E-state index is -2.59. The van der Waals surface area contributed by atoms with Gasteiger partial charge in [0.15, 0.2) is 0 Å². The summed E-state index contributed by atoms with van der Waals surface area (Å²) in [7, 11) is 2.09. The van der Waals surface area contributed by atoms with Crippen LogP contribution in [0.25, 0.3) is 0 Å². The van der Waals surface area contributed by atoms with E-state index >= 15 is 0 Å². The third-order valence-electron chi connectivity index (χ3n) is 2.38. The summed E-state index contributed by atoms with van der Waals surface area (Å²) in [6.07, 6.45) is 0. The van der Waals surface area contributed by atoms with Crippen LogP contribution in [0.3, 0.4) is 0 Å². The summed E-state index contributed by atoms with van der Waals surface area (Å²) in [6, 6.07) is 0.597. The van der Waals surface area contributed by atoms with E-state index in [1.165, 1.54) is 0 Å². The van der Waals surface area contributed by atoms with E-state index in [0.717, 1.165) is 0 Å². The van der Waals surface area contributed by atoms with Gasteiger partial charge in [-0.1, -0.05) is 13.5 Å². The van der Waals surface area contributed by atoms with Crippen LogP contribution in [0.15, 0.2) is 12.2 Å². The number of ether oxygens (including phenoxy) is 1. The van der Waals surface area contributed by atoms with Crippen LogP contribution >= 0.6 is 0 Å². The maximum atomic E-state index is 11.2. The van der Waals surface area contributed by atoms with Gasteiger partial charge >= 0.3 is 14.8 Å². The van der Waals surface area contributed by atoms with Crippen LogP contribution in [-0.2, 0) is 22.8 Å². The second-order valence-electron chi connectivity index (χ2n) is 3.98. The molecule has 0 fully saturated rings. The van der Waals surface area contributed by atoms with E-state index in [2.05, 4.69) is 6.58 Å². The van der Waals surface area contributed by atoms with Gasteiger partial charge in [0.25, 0.3) is 0 Å². The van der Waals surface area contributed by atoms with Gasteiger partial charge in [0, 0.05) is 32.9 Å². The lowest BCUT2D eigenvalue weighted by Crippen LogP contribution is -2.44. The Morgan fingerprint density at radius 2 is 1.71 bits per heavy atom. The highest BCUT2D eigenvalue weighted by atomic mass is 28.4. The van der Waals surface area contributed by atoms with Crippen molar-refractivity contribution < 1.29 is 22.8 Å². The smallest absolute Gasteiger partial charge is 0.462 e. The van der Waals surface area contributed by atoms with Gasteiger partial charge in [0.05, 0.1) is 6.61 Å². The van der Waals surface area contributed by atoms with Crippen molar-refractivity contribution in [3.05, 3.63) is 12.2 Å². The summed E-state index contributed by atoms with van der Waals surface area (Å²) in [4.78, 5) is 11.2. The summed E-state index contributed by atoms with van der Waals surface area (Å²) in [5, 5.41) is 0. The molecular formula is C11H22O5Si. The Bertz CT molecular complexity index is 254. The lowest BCUT2D eigenvalue weighted by atomic mass is 10.2. The van der Waals surface area contributed by atoms with Gasteiger partial charge in [-0.25, -0.2) is 4.79 Å². The molecule has 0 rings (SSSR count). The first-order valence-corrected chi connectivity index (χ1v) is 7.32. The number of hydrogen-bond donors (Lipinski definition) is 0. The first kappa shape index (κ1) is 16.3. The summed E-state index contributed by atoms with van der Waals surface area (Å²) in [5.41, 5.74) is 0.394. The van der Waals surface area contributed by atoms with E-state index in [-0.39, 0.29) is 11.9 Å². The quantitative estimate of drug-likeness (QED) is 0.378. The Morgan fingerprint density at radius 3 is 2.06 bits per heavy atom. The van der Waals surface area contributed by atoms with Crippen LogP contribution in [-0.4, -0.2) is 42.7 Å². The average molecular weight is 262 g/mol. The van der Waals surface area contributed by atoms with E-state index in [4.69, 9.17) is 18.0 Å². The maximum Gasteiger partial charge on any atom is 0.500 e. The topological polar surface area (TPSA) is 54.0 Å². The molecule has 0 bridgehead atoms. The molecule has 0 aromatic carbocycles. The number of rotatable bonds is 8. The molecule has 6 heteroatoms. The molecule has 5 nitrogen and oxygen atoms in total. The normalized spacial score (nSPS) is 13.2. The van der Waals surface area contributed by atoms with Crippen LogP contribution in [0.2, 0.25) is 6.04 Å². The first-order valence-electron chi connectivity index (χ1n) is 5.38. The van der Waals surface area contributed by atoms with Crippen LogP contribution in [0.1, 0.15) is 13.8 Å². The molecule has 0 N–H and O–H groups in total. The van der Waals surface area contributed by atoms with Crippen molar-refractivity contribution in [1.29, 1.82) is 0 Å². The lowest BCUT2D eigenvalue weighted by Gasteiger charge is -2.26. The zero-order valence-electron chi connectivity index (χ0n) is 11.2. The molecule has 0 aromatic heterocycles. The largest absolute Gasteiger partial charge is 0.500 e. The predicted octanol–water partition coefficient (Wildman–Crippen LogP) is 1.62. The Hall–Kier alpha value is -0.693. The highest BCUT2D eigenvalue weighted by molar-refractivity contribution is 6.60. The Labute approximate surface area is 104 Å². The second-order valence-corrected chi connectivity index (χ2v) is 6.98. The number of carbonyl (C=O) groups excluding carboxylic acids is 1. The Kier molecular flexibility index (Phi) is 7.29. The minimum Gasteiger partial charge on any atom is -0.462 e. The van der Waals surface area contributed by atoms with Crippen molar-refractivity contribution in [3.63, 3.8) is 0 Å². The molecule has 0 amide bonds. The molecule has 0 saturated heterocycles. The van der Waals surface area contributed by atoms with Gasteiger partial charge < -0.3 is 18.0 Å². The standard InChI is InChI=1S/C11H22O5Si/c1-9(2)11(12)16-7-10(3)8-17(13-4,14-5)15-6/h10H,1,7-8H2,2-6H3. The van der Waals surface area contributed by atoms with Crippen LogP contribution in [0, 0.1) is 5.92 Å². The van der Waals surface area contributed by atoms with E-state index < -0.39 is 8.80 Å². The van der Waals surface area contributed by atoms with Crippen LogP contribution < -0.4 is 0 Å². The molecule has 0 aliphatic carbocycles. The highest BCUT2D eigenvalue weighted by Gasteiger charge is 2.39. The van der Waals surface area contributed by atoms with Gasteiger partial charge in [-0.2, -0.15) is 0 Å². The molecule has 0 spiro atoms. The molecule has 0 aliphatic rings. The minimum absolute atomic E-state index is 0.102. The number of esters is 1. The summed E-state index contributed by atoms with van der Waals surface area (Å²) in [5.74, 6) is -0.277. The molecule has 0 radical (unpaired) electrons. The zero-order valence-corrected chi connectivity index (χ0v) is 12.2. The third-order valence-corrected chi connectivity index (χ3v) is 5.44. The SMILES string of the molecule is C=C(C)C(=O)OCC(C)C[Si](OC)(OC)OC. The Balaban J connectivity index is 4.20.